The fourth-order valence-corrected chi connectivity index (χ4v) is 11.0. The van der Waals surface area contributed by atoms with Crippen LogP contribution in [0.15, 0.2) is 78.9 Å². The molecule has 2 bridgehead atoms. The molecule has 5 aliphatic heterocycles. The van der Waals surface area contributed by atoms with Gasteiger partial charge in [-0.3, -0.25) is 14.9 Å². The van der Waals surface area contributed by atoms with Crippen LogP contribution in [0.5, 0.6) is 11.5 Å². The van der Waals surface area contributed by atoms with Gasteiger partial charge in [0.1, 0.15) is 23.6 Å². The van der Waals surface area contributed by atoms with E-state index in [0.717, 1.165) is 106 Å². The molecule has 6 heterocycles. The van der Waals surface area contributed by atoms with Crippen LogP contribution in [0.25, 0.3) is 11.3 Å². The fourth-order valence-electron chi connectivity index (χ4n) is 11.0. The van der Waals surface area contributed by atoms with E-state index < -0.39 is 0 Å². The lowest BCUT2D eigenvalue weighted by molar-refractivity contribution is -0.134. The summed E-state index contributed by atoms with van der Waals surface area (Å²) >= 11 is 0. The molecular formula is C47H56N10O5. The standard InChI is InChI=1S/C47H56N10O5/c48-45-42(27-38(51-52-45)37-8-1-4-11-43(37)58)54-28-33-16-17-34(29-54)57(33)32-6-5-7-36(26-32)62-35-20-22-53(23-21-35)47(61)49-30-12-14-31(15-13-30)55-24-25-56(40-10-3-2-9-39(40)55)41-18-19-44(59)50-46(41)60/h1-11,26-27,30-31,33-35,41,58H,12-25,28-29H2,(H2,48,52)(H,49,61)(H,50,59,60)/t30?,31?,33-,34+,41?. The third kappa shape index (κ3) is 7.88. The Balaban J connectivity index is 0.696. The van der Waals surface area contributed by atoms with Crippen molar-refractivity contribution in [2.45, 2.75) is 101 Å². The highest BCUT2D eigenvalue weighted by Gasteiger charge is 2.42. The number of fused-ring (bicyclic) bond motifs is 3. The molecule has 1 aliphatic carbocycles. The minimum absolute atomic E-state index is 0.0189. The number of imide groups is 1. The summed E-state index contributed by atoms with van der Waals surface area (Å²) < 4.78 is 6.58. The minimum atomic E-state index is -0.328. The number of carbonyl (C=O) groups excluding carboxylic acids is 3. The predicted molar refractivity (Wildman–Crippen MR) is 239 cm³/mol. The van der Waals surface area contributed by atoms with Crippen LogP contribution in [0.1, 0.15) is 64.2 Å². The summed E-state index contributed by atoms with van der Waals surface area (Å²) in [5, 5.41) is 24.9. The lowest BCUT2D eigenvalue weighted by Crippen LogP contribution is -2.57. The van der Waals surface area contributed by atoms with Gasteiger partial charge in [-0.1, -0.05) is 30.3 Å². The van der Waals surface area contributed by atoms with Gasteiger partial charge in [0.25, 0.3) is 0 Å². The van der Waals surface area contributed by atoms with Crippen molar-refractivity contribution in [3.8, 4) is 22.8 Å². The Bertz CT molecular complexity index is 2300. The summed E-state index contributed by atoms with van der Waals surface area (Å²) in [5.74, 6) is 1.02. The number of rotatable bonds is 8. The van der Waals surface area contributed by atoms with Crippen LogP contribution >= 0.6 is 0 Å². The van der Waals surface area contributed by atoms with E-state index in [-0.39, 0.29) is 41.8 Å². The molecule has 10 rings (SSSR count). The summed E-state index contributed by atoms with van der Waals surface area (Å²) in [5.41, 5.74) is 11.8. The summed E-state index contributed by atoms with van der Waals surface area (Å²) in [6.45, 7) is 4.48. The second-order valence-corrected chi connectivity index (χ2v) is 17.8. The number of amides is 4. The maximum absolute atomic E-state index is 13.5. The van der Waals surface area contributed by atoms with Crippen molar-refractivity contribution in [3.05, 3.63) is 78.9 Å². The van der Waals surface area contributed by atoms with Crippen molar-refractivity contribution in [1.82, 2.24) is 25.7 Å². The van der Waals surface area contributed by atoms with Gasteiger partial charge < -0.3 is 45.4 Å². The number of urea groups is 1. The number of anilines is 5. The molecule has 4 saturated heterocycles. The molecule has 1 saturated carbocycles. The zero-order valence-electron chi connectivity index (χ0n) is 35.1. The highest BCUT2D eigenvalue weighted by atomic mass is 16.5. The first-order valence-electron chi connectivity index (χ1n) is 22.5. The number of nitrogens with two attached hydrogens (primary N) is 1. The van der Waals surface area contributed by atoms with E-state index in [4.69, 9.17) is 10.5 Å². The molecule has 0 spiro atoms. The molecule has 3 atom stereocenters. The van der Waals surface area contributed by atoms with Gasteiger partial charge in [-0.2, -0.15) is 0 Å². The predicted octanol–water partition coefficient (Wildman–Crippen LogP) is 5.28. The van der Waals surface area contributed by atoms with Crippen molar-refractivity contribution in [2.24, 2.45) is 0 Å². The first-order chi connectivity index (χ1) is 30.3. The van der Waals surface area contributed by atoms with E-state index in [0.29, 0.717) is 61.1 Å². The lowest BCUT2D eigenvalue weighted by Gasteiger charge is -2.47. The molecule has 0 radical (unpaired) electrons. The highest BCUT2D eigenvalue weighted by molar-refractivity contribution is 6.02. The van der Waals surface area contributed by atoms with Crippen LogP contribution < -0.4 is 40.7 Å². The van der Waals surface area contributed by atoms with Gasteiger partial charge in [0, 0.05) is 100 Å². The van der Waals surface area contributed by atoms with Crippen LogP contribution in [0.2, 0.25) is 0 Å². The molecule has 15 nitrogen and oxygen atoms in total. The number of nitrogens with one attached hydrogen (secondary N) is 2. The maximum Gasteiger partial charge on any atom is 0.317 e. The zero-order chi connectivity index (χ0) is 42.3. The monoisotopic (exact) mass is 840 g/mol. The van der Waals surface area contributed by atoms with E-state index in [9.17, 15) is 19.5 Å². The fraction of sp³-hybridized carbons (Fsp3) is 0.468. The normalized spacial score (nSPS) is 25.4. The quantitative estimate of drug-likeness (QED) is 0.169. The topological polar surface area (TPSA) is 173 Å². The maximum atomic E-state index is 13.5. The van der Waals surface area contributed by atoms with Crippen molar-refractivity contribution in [2.75, 3.05) is 64.6 Å². The molecule has 6 aliphatic rings. The summed E-state index contributed by atoms with van der Waals surface area (Å²) in [6.07, 6.45) is 8.50. The number of phenols is 1. The second-order valence-electron chi connectivity index (χ2n) is 17.8. The summed E-state index contributed by atoms with van der Waals surface area (Å²) in [4.78, 5) is 49.5. The zero-order valence-corrected chi connectivity index (χ0v) is 35.1. The van der Waals surface area contributed by atoms with E-state index in [1.54, 1.807) is 12.1 Å². The Morgan fingerprint density at radius 3 is 2.18 bits per heavy atom. The number of hydrogen-bond acceptors (Lipinski definition) is 12. The van der Waals surface area contributed by atoms with E-state index in [1.165, 1.54) is 0 Å². The van der Waals surface area contributed by atoms with Gasteiger partial charge in [0.15, 0.2) is 5.82 Å². The number of piperidine rings is 2. The van der Waals surface area contributed by atoms with Gasteiger partial charge in [0.2, 0.25) is 11.8 Å². The van der Waals surface area contributed by atoms with Crippen molar-refractivity contribution < 1.29 is 24.2 Å². The number of para-hydroxylation sites is 3. The van der Waals surface area contributed by atoms with Crippen LogP contribution in [-0.4, -0.2) is 114 Å². The van der Waals surface area contributed by atoms with Crippen molar-refractivity contribution in [3.63, 3.8) is 0 Å². The molecule has 4 aromatic rings. The molecule has 5 N–H and O–H groups in total. The number of phenolic OH excluding ortho intramolecular Hbond substituents is 1. The number of ether oxygens (including phenoxy) is 1. The molecule has 15 heteroatoms. The van der Waals surface area contributed by atoms with Crippen LogP contribution in [0, 0.1) is 0 Å². The van der Waals surface area contributed by atoms with Gasteiger partial charge in [-0.25, -0.2) is 4.79 Å². The summed E-state index contributed by atoms with van der Waals surface area (Å²) in [7, 11) is 0. The first-order valence-corrected chi connectivity index (χ1v) is 22.5. The molecule has 62 heavy (non-hydrogen) atoms. The SMILES string of the molecule is Nc1nnc(-c2ccccc2O)cc1N1C[C@H]2CC[C@@H](C1)N2c1cccc(OC2CCN(C(=O)NC3CCC(N4CCN(C5CCC(=O)NC5=O)c5ccccc54)CC3)CC2)c1. The Morgan fingerprint density at radius 2 is 1.44 bits per heavy atom. The highest BCUT2D eigenvalue weighted by Crippen LogP contribution is 2.41. The number of hydrogen-bond donors (Lipinski definition) is 4. The third-order valence-electron chi connectivity index (χ3n) is 14.1. The third-order valence-corrected chi connectivity index (χ3v) is 14.1. The van der Waals surface area contributed by atoms with E-state index >= 15 is 0 Å². The van der Waals surface area contributed by atoms with Crippen molar-refractivity contribution >= 4 is 46.4 Å². The molecule has 324 valence electrons. The number of carbonyl (C=O) groups is 3. The number of aromatic nitrogens is 2. The first kappa shape index (κ1) is 39.9. The Hall–Kier alpha value is -6.25. The number of nitrogen functional groups attached to an aromatic ring is 1. The molecule has 4 amide bonds. The van der Waals surface area contributed by atoms with E-state index in [2.05, 4.69) is 76.8 Å². The van der Waals surface area contributed by atoms with Gasteiger partial charge in [-0.05, 0) is 87.4 Å². The number of aromatic hydroxyl groups is 1. The number of piperazine rings is 1. The Morgan fingerprint density at radius 1 is 0.742 bits per heavy atom. The van der Waals surface area contributed by atoms with Crippen LogP contribution in [0.4, 0.5) is 33.4 Å². The molecular weight excluding hydrogens is 785 g/mol. The average Bonchev–Trinajstić information content (AvgIpc) is 3.56. The largest absolute Gasteiger partial charge is 0.507 e. The lowest BCUT2D eigenvalue weighted by atomic mass is 9.89. The van der Waals surface area contributed by atoms with Gasteiger partial charge >= 0.3 is 6.03 Å². The number of benzene rings is 3. The van der Waals surface area contributed by atoms with Gasteiger partial charge in [0.05, 0.1) is 22.8 Å². The number of likely N-dealkylation sites (tertiary alicyclic amines) is 1. The van der Waals surface area contributed by atoms with Crippen LogP contribution in [-0.2, 0) is 9.59 Å². The Kier molecular flexibility index (Phi) is 10.9. The second kappa shape index (κ2) is 16.9. The smallest absolute Gasteiger partial charge is 0.317 e. The average molecular weight is 841 g/mol. The van der Waals surface area contributed by atoms with Crippen LogP contribution in [0.3, 0.4) is 0 Å². The van der Waals surface area contributed by atoms with Gasteiger partial charge in [-0.15, -0.1) is 10.2 Å². The Labute approximate surface area is 362 Å². The molecule has 5 fully saturated rings. The molecule has 1 unspecified atom stereocenters. The minimum Gasteiger partial charge on any atom is -0.507 e. The van der Waals surface area contributed by atoms with E-state index in [1.807, 2.05) is 35.2 Å². The molecule has 1 aromatic heterocycles. The summed E-state index contributed by atoms with van der Waals surface area (Å²) in [6, 6.07) is 26.7. The van der Waals surface area contributed by atoms with Crippen molar-refractivity contribution in [1.29, 1.82) is 0 Å². The number of nitrogens with zero attached hydrogens (tertiary/aromatic N) is 7. The molecule has 3 aromatic carbocycles.